The van der Waals surface area contributed by atoms with Crippen molar-refractivity contribution in [1.82, 2.24) is 9.80 Å². The fourth-order valence-electron chi connectivity index (χ4n) is 2.86. The lowest BCUT2D eigenvalue weighted by atomic mass is 9.97. The quantitative estimate of drug-likeness (QED) is 0.845. The molecule has 1 saturated heterocycles. The van der Waals surface area contributed by atoms with Gasteiger partial charge in [-0.2, -0.15) is 0 Å². The summed E-state index contributed by atoms with van der Waals surface area (Å²) in [6, 6.07) is 9.01. The Labute approximate surface area is 117 Å². The predicted molar refractivity (Wildman–Crippen MR) is 82.4 cm³/mol. The Morgan fingerprint density at radius 2 is 1.95 bits per heavy atom. The van der Waals surface area contributed by atoms with Gasteiger partial charge in [-0.15, -0.1) is 0 Å². The molecule has 19 heavy (non-hydrogen) atoms. The van der Waals surface area contributed by atoms with Crippen molar-refractivity contribution >= 4 is 5.69 Å². The Balaban J connectivity index is 1.83. The third kappa shape index (κ3) is 3.95. The Kier molecular flexibility index (Phi) is 4.83. The Morgan fingerprint density at radius 1 is 1.26 bits per heavy atom. The molecule has 1 aromatic rings. The average Bonchev–Trinajstić information content (AvgIpc) is 2.38. The summed E-state index contributed by atoms with van der Waals surface area (Å²) in [7, 11) is 2.21. The SMILES string of the molecule is CC(CCN1CCN(C)CC1C)c1ccc(N)cc1. The zero-order valence-electron chi connectivity index (χ0n) is 12.5. The van der Waals surface area contributed by atoms with Gasteiger partial charge in [0.25, 0.3) is 0 Å². The van der Waals surface area contributed by atoms with Gasteiger partial charge in [0.05, 0.1) is 0 Å². The minimum Gasteiger partial charge on any atom is -0.399 e. The second kappa shape index (κ2) is 6.40. The molecule has 2 rings (SSSR count). The molecule has 0 saturated carbocycles. The molecule has 1 fully saturated rings. The lowest BCUT2D eigenvalue weighted by molar-refractivity contribution is 0.0976. The Bertz CT molecular complexity index is 387. The van der Waals surface area contributed by atoms with Crippen LogP contribution in [0.25, 0.3) is 0 Å². The maximum Gasteiger partial charge on any atom is 0.0314 e. The monoisotopic (exact) mass is 261 g/mol. The van der Waals surface area contributed by atoms with E-state index in [0.717, 1.165) is 5.69 Å². The van der Waals surface area contributed by atoms with Gasteiger partial charge in [0.1, 0.15) is 0 Å². The normalized spacial score (nSPS) is 23.4. The van der Waals surface area contributed by atoms with Gasteiger partial charge in [-0.1, -0.05) is 19.1 Å². The molecule has 0 spiro atoms. The number of piperazine rings is 1. The number of nitrogens with zero attached hydrogens (tertiary/aromatic N) is 2. The third-order valence-corrected chi connectivity index (χ3v) is 4.32. The van der Waals surface area contributed by atoms with Gasteiger partial charge in [-0.3, -0.25) is 4.90 Å². The van der Waals surface area contributed by atoms with Crippen LogP contribution in [0.15, 0.2) is 24.3 Å². The minimum atomic E-state index is 0.604. The van der Waals surface area contributed by atoms with E-state index in [1.807, 2.05) is 12.1 Å². The number of hydrogen-bond donors (Lipinski definition) is 1. The summed E-state index contributed by atoms with van der Waals surface area (Å²) in [5, 5.41) is 0. The number of rotatable bonds is 4. The molecule has 2 atom stereocenters. The zero-order valence-corrected chi connectivity index (χ0v) is 12.5. The summed E-state index contributed by atoms with van der Waals surface area (Å²) in [5.74, 6) is 0.604. The van der Waals surface area contributed by atoms with Crippen molar-refractivity contribution in [2.45, 2.75) is 32.2 Å². The van der Waals surface area contributed by atoms with Crippen molar-refractivity contribution in [3.63, 3.8) is 0 Å². The molecule has 106 valence electrons. The third-order valence-electron chi connectivity index (χ3n) is 4.32. The lowest BCUT2D eigenvalue weighted by Crippen LogP contribution is -2.50. The lowest BCUT2D eigenvalue weighted by Gasteiger charge is -2.38. The van der Waals surface area contributed by atoms with Gasteiger partial charge in [0.15, 0.2) is 0 Å². The highest BCUT2D eigenvalue weighted by atomic mass is 15.3. The number of benzene rings is 1. The minimum absolute atomic E-state index is 0.604. The van der Waals surface area contributed by atoms with Crippen LogP contribution in [0.3, 0.4) is 0 Å². The summed E-state index contributed by atoms with van der Waals surface area (Å²) < 4.78 is 0. The highest BCUT2D eigenvalue weighted by Gasteiger charge is 2.21. The fourth-order valence-corrected chi connectivity index (χ4v) is 2.86. The molecule has 0 aliphatic carbocycles. The number of anilines is 1. The predicted octanol–water partition coefficient (Wildman–Crippen LogP) is 2.40. The van der Waals surface area contributed by atoms with E-state index in [1.54, 1.807) is 0 Å². The standard InChI is InChI=1S/C16H27N3/c1-13(15-4-6-16(17)7-5-15)8-9-19-11-10-18(3)12-14(19)2/h4-7,13-14H,8-12,17H2,1-3H3. The van der Waals surface area contributed by atoms with Gasteiger partial charge in [-0.25, -0.2) is 0 Å². The fraction of sp³-hybridized carbons (Fsp3) is 0.625. The molecule has 3 nitrogen and oxygen atoms in total. The smallest absolute Gasteiger partial charge is 0.0314 e. The molecular weight excluding hydrogens is 234 g/mol. The second-order valence-corrected chi connectivity index (χ2v) is 6.00. The first-order valence-electron chi connectivity index (χ1n) is 7.34. The van der Waals surface area contributed by atoms with Crippen LogP contribution in [-0.2, 0) is 0 Å². The van der Waals surface area contributed by atoms with Gasteiger partial charge >= 0.3 is 0 Å². The van der Waals surface area contributed by atoms with E-state index in [4.69, 9.17) is 5.73 Å². The molecular formula is C16H27N3. The van der Waals surface area contributed by atoms with Crippen molar-refractivity contribution in [1.29, 1.82) is 0 Å². The molecule has 1 aliphatic rings. The van der Waals surface area contributed by atoms with Crippen molar-refractivity contribution in [2.75, 3.05) is 39.0 Å². The van der Waals surface area contributed by atoms with Crippen LogP contribution in [0.1, 0.15) is 31.7 Å². The van der Waals surface area contributed by atoms with Crippen LogP contribution in [0.4, 0.5) is 5.69 Å². The Morgan fingerprint density at radius 3 is 2.58 bits per heavy atom. The van der Waals surface area contributed by atoms with Crippen molar-refractivity contribution in [3.05, 3.63) is 29.8 Å². The number of nitrogens with two attached hydrogens (primary N) is 1. The maximum atomic E-state index is 5.74. The van der Waals surface area contributed by atoms with Gasteiger partial charge in [0, 0.05) is 31.4 Å². The molecule has 0 radical (unpaired) electrons. The summed E-state index contributed by atoms with van der Waals surface area (Å²) in [6.45, 7) is 9.43. The summed E-state index contributed by atoms with van der Waals surface area (Å²) in [4.78, 5) is 5.04. The molecule has 0 bridgehead atoms. The van der Waals surface area contributed by atoms with Gasteiger partial charge < -0.3 is 10.6 Å². The van der Waals surface area contributed by atoms with Crippen LogP contribution < -0.4 is 5.73 Å². The van der Waals surface area contributed by atoms with Gasteiger partial charge in [-0.05, 0) is 50.6 Å². The van der Waals surface area contributed by atoms with E-state index in [2.05, 4.69) is 42.8 Å². The summed E-state index contributed by atoms with van der Waals surface area (Å²) in [6.07, 6.45) is 1.22. The number of hydrogen-bond acceptors (Lipinski definition) is 3. The summed E-state index contributed by atoms with van der Waals surface area (Å²) in [5.41, 5.74) is 7.99. The highest BCUT2D eigenvalue weighted by molar-refractivity contribution is 5.40. The first-order chi connectivity index (χ1) is 9.06. The van der Waals surface area contributed by atoms with Crippen LogP contribution in [0.2, 0.25) is 0 Å². The molecule has 3 heteroatoms. The van der Waals surface area contributed by atoms with E-state index in [-0.39, 0.29) is 0 Å². The highest BCUT2D eigenvalue weighted by Crippen LogP contribution is 2.21. The van der Waals surface area contributed by atoms with Gasteiger partial charge in [0.2, 0.25) is 0 Å². The van der Waals surface area contributed by atoms with Crippen molar-refractivity contribution < 1.29 is 0 Å². The molecule has 1 aliphatic heterocycles. The first-order valence-corrected chi connectivity index (χ1v) is 7.34. The molecule has 2 N–H and O–H groups in total. The number of likely N-dealkylation sites (N-methyl/N-ethyl adjacent to an activating group) is 1. The molecule has 2 unspecified atom stereocenters. The van der Waals surface area contributed by atoms with Crippen LogP contribution >= 0.6 is 0 Å². The zero-order chi connectivity index (χ0) is 13.8. The molecule has 0 aromatic heterocycles. The van der Waals surface area contributed by atoms with Crippen LogP contribution in [0, 0.1) is 0 Å². The van der Waals surface area contributed by atoms with E-state index in [9.17, 15) is 0 Å². The average molecular weight is 261 g/mol. The summed E-state index contributed by atoms with van der Waals surface area (Å²) >= 11 is 0. The van der Waals surface area contributed by atoms with Crippen molar-refractivity contribution in [3.8, 4) is 0 Å². The van der Waals surface area contributed by atoms with E-state index in [0.29, 0.717) is 12.0 Å². The number of nitrogen functional groups attached to an aromatic ring is 1. The Hall–Kier alpha value is -1.06. The van der Waals surface area contributed by atoms with Crippen molar-refractivity contribution in [2.24, 2.45) is 0 Å². The van der Waals surface area contributed by atoms with E-state index < -0.39 is 0 Å². The van der Waals surface area contributed by atoms with E-state index in [1.165, 1.54) is 38.2 Å². The molecule has 1 aromatic carbocycles. The first kappa shape index (κ1) is 14.4. The topological polar surface area (TPSA) is 32.5 Å². The largest absolute Gasteiger partial charge is 0.399 e. The maximum absolute atomic E-state index is 5.74. The second-order valence-electron chi connectivity index (χ2n) is 6.00. The van der Waals surface area contributed by atoms with E-state index >= 15 is 0 Å². The molecule has 0 amide bonds. The van der Waals surface area contributed by atoms with Crippen LogP contribution in [0.5, 0.6) is 0 Å². The molecule has 1 heterocycles. The van der Waals surface area contributed by atoms with Crippen LogP contribution in [-0.4, -0.2) is 49.1 Å².